The molecule has 1 atom stereocenters. The zero-order valence-electron chi connectivity index (χ0n) is 19.0. The van der Waals surface area contributed by atoms with Gasteiger partial charge in [-0.2, -0.15) is 5.26 Å². The quantitative estimate of drug-likeness (QED) is 0.317. The van der Waals surface area contributed by atoms with E-state index in [1.54, 1.807) is 24.3 Å². The fourth-order valence-corrected chi connectivity index (χ4v) is 5.27. The summed E-state index contributed by atoms with van der Waals surface area (Å²) in [6.45, 7) is 4.05. The number of rotatable bonds is 6. The van der Waals surface area contributed by atoms with Gasteiger partial charge in [0.25, 0.3) is 5.91 Å². The number of nitrogens with one attached hydrogen (secondary N) is 1. The molecule has 0 radical (unpaired) electrons. The van der Waals surface area contributed by atoms with Gasteiger partial charge in [-0.15, -0.1) is 0 Å². The van der Waals surface area contributed by atoms with Gasteiger partial charge in [0.2, 0.25) is 5.91 Å². The maximum atomic E-state index is 13.6. The highest BCUT2D eigenvalue weighted by molar-refractivity contribution is 8.05. The summed E-state index contributed by atoms with van der Waals surface area (Å²) in [5.74, 6) is -0.242. The van der Waals surface area contributed by atoms with E-state index in [4.69, 9.17) is 27.6 Å². The number of nitrogens with zero attached hydrogens (tertiary/aromatic N) is 2. The van der Waals surface area contributed by atoms with Crippen molar-refractivity contribution in [3.8, 4) is 6.07 Å². The molecular formula is C26H21Cl2N3O3S. The van der Waals surface area contributed by atoms with Crippen LogP contribution in [0.4, 0.5) is 5.69 Å². The molecular weight excluding hydrogens is 505 g/mol. The topological polar surface area (TPSA) is 86.3 Å². The van der Waals surface area contributed by atoms with Crippen LogP contribution in [0.25, 0.3) is 0 Å². The summed E-state index contributed by atoms with van der Waals surface area (Å²) in [7, 11) is 0. The molecule has 9 heteroatoms. The second kappa shape index (κ2) is 10.6. The van der Waals surface area contributed by atoms with E-state index < -0.39 is 11.2 Å². The van der Waals surface area contributed by atoms with Crippen molar-refractivity contribution in [2.45, 2.75) is 32.1 Å². The van der Waals surface area contributed by atoms with Crippen LogP contribution in [0, 0.1) is 25.2 Å². The molecule has 3 aromatic rings. The van der Waals surface area contributed by atoms with Gasteiger partial charge >= 0.3 is 0 Å². The molecule has 1 fully saturated rings. The average Bonchev–Trinajstić information content (AvgIpc) is 3.46. The van der Waals surface area contributed by atoms with Gasteiger partial charge < -0.3 is 9.73 Å². The van der Waals surface area contributed by atoms with Crippen LogP contribution in [0.15, 0.2) is 69.8 Å². The SMILES string of the molecule is Cc1ccc(N2C(=O)C(Cc3ccc(Cl)c(Cl)c3)S/C2=C(/C#N)C(=O)NCc2ccco2)cc1C. The third-order valence-electron chi connectivity index (χ3n) is 5.66. The highest BCUT2D eigenvalue weighted by Crippen LogP contribution is 2.42. The average molecular weight is 526 g/mol. The highest BCUT2D eigenvalue weighted by Gasteiger charge is 2.41. The summed E-state index contributed by atoms with van der Waals surface area (Å²) < 4.78 is 5.25. The summed E-state index contributed by atoms with van der Waals surface area (Å²) in [5, 5.41) is 13.2. The number of hydrogen-bond donors (Lipinski definition) is 1. The van der Waals surface area contributed by atoms with E-state index in [2.05, 4.69) is 5.32 Å². The van der Waals surface area contributed by atoms with Crippen molar-refractivity contribution in [2.24, 2.45) is 0 Å². The molecule has 0 aliphatic carbocycles. The van der Waals surface area contributed by atoms with Gasteiger partial charge in [-0.05, 0) is 73.4 Å². The van der Waals surface area contributed by atoms with Crippen molar-refractivity contribution in [1.29, 1.82) is 5.26 Å². The van der Waals surface area contributed by atoms with Gasteiger partial charge in [0.15, 0.2) is 0 Å². The van der Waals surface area contributed by atoms with E-state index in [0.29, 0.717) is 32.9 Å². The third kappa shape index (κ3) is 5.40. The Hall–Kier alpha value is -3.18. The number of carbonyl (C=O) groups is 2. The monoisotopic (exact) mass is 525 g/mol. The molecule has 1 aromatic heterocycles. The first-order valence-electron chi connectivity index (χ1n) is 10.7. The minimum atomic E-state index is -0.580. The Balaban J connectivity index is 1.71. The summed E-state index contributed by atoms with van der Waals surface area (Å²) in [6, 6.07) is 16.3. The lowest BCUT2D eigenvalue weighted by Gasteiger charge is -2.20. The Labute approximate surface area is 217 Å². The number of carbonyl (C=O) groups excluding carboxylic acids is 2. The summed E-state index contributed by atoms with van der Waals surface area (Å²) >= 11 is 13.4. The molecule has 1 unspecified atom stereocenters. The molecule has 1 aliphatic heterocycles. The van der Waals surface area contributed by atoms with Crippen LogP contribution in [0.2, 0.25) is 10.0 Å². The van der Waals surface area contributed by atoms with Crippen LogP contribution in [0.3, 0.4) is 0 Å². The summed E-state index contributed by atoms with van der Waals surface area (Å²) in [6.07, 6.45) is 1.86. The van der Waals surface area contributed by atoms with Gasteiger partial charge in [-0.3, -0.25) is 14.5 Å². The Kier molecular flexibility index (Phi) is 7.56. The fraction of sp³-hybridized carbons (Fsp3) is 0.192. The van der Waals surface area contributed by atoms with Crippen molar-refractivity contribution in [3.05, 3.63) is 97.9 Å². The zero-order valence-corrected chi connectivity index (χ0v) is 21.3. The van der Waals surface area contributed by atoms with Crippen molar-refractivity contribution >= 4 is 52.5 Å². The molecule has 2 heterocycles. The molecule has 1 aliphatic rings. The second-order valence-corrected chi connectivity index (χ2v) is 10.1. The van der Waals surface area contributed by atoms with Crippen molar-refractivity contribution < 1.29 is 14.0 Å². The van der Waals surface area contributed by atoms with Crippen LogP contribution in [-0.2, 0) is 22.6 Å². The second-order valence-electron chi connectivity index (χ2n) is 8.06. The normalized spacial score (nSPS) is 16.8. The van der Waals surface area contributed by atoms with Gasteiger partial charge in [-0.25, -0.2) is 0 Å². The molecule has 0 bridgehead atoms. The molecule has 2 aromatic carbocycles. The molecule has 178 valence electrons. The highest BCUT2D eigenvalue weighted by atomic mass is 35.5. The predicted octanol–water partition coefficient (Wildman–Crippen LogP) is 5.95. The van der Waals surface area contributed by atoms with Crippen LogP contribution >= 0.6 is 35.0 Å². The zero-order chi connectivity index (χ0) is 25.1. The first-order valence-corrected chi connectivity index (χ1v) is 12.4. The van der Waals surface area contributed by atoms with Gasteiger partial charge in [0.05, 0.1) is 28.1 Å². The van der Waals surface area contributed by atoms with E-state index in [0.717, 1.165) is 16.7 Å². The van der Waals surface area contributed by atoms with E-state index in [-0.39, 0.29) is 18.0 Å². The molecule has 0 saturated carbocycles. The number of thioether (sulfide) groups is 1. The van der Waals surface area contributed by atoms with E-state index >= 15 is 0 Å². The van der Waals surface area contributed by atoms with Crippen molar-refractivity contribution in [1.82, 2.24) is 5.32 Å². The molecule has 35 heavy (non-hydrogen) atoms. The van der Waals surface area contributed by atoms with Gasteiger partial charge in [-0.1, -0.05) is 47.1 Å². The maximum absolute atomic E-state index is 13.6. The summed E-state index contributed by atoms with van der Waals surface area (Å²) in [4.78, 5) is 28.1. The Morgan fingerprint density at radius 2 is 1.94 bits per heavy atom. The minimum Gasteiger partial charge on any atom is -0.467 e. The molecule has 2 amide bonds. The van der Waals surface area contributed by atoms with Crippen molar-refractivity contribution in [3.63, 3.8) is 0 Å². The molecule has 1 N–H and O–H groups in total. The first-order chi connectivity index (χ1) is 16.8. The first kappa shape index (κ1) is 24.9. The number of hydrogen-bond acceptors (Lipinski definition) is 5. The number of aryl methyl sites for hydroxylation is 2. The number of furan rings is 1. The third-order valence-corrected chi connectivity index (χ3v) is 7.66. The van der Waals surface area contributed by atoms with Crippen molar-refractivity contribution in [2.75, 3.05) is 4.90 Å². The molecule has 1 saturated heterocycles. The maximum Gasteiger partial charge on any atom is 0.265 e. The Bertz CT molecular complexity index is 1360. The van der Waals surface area contributed by atoms with E-state index in [9.17, 15) is 14.9 Å². The lowest BCUT2D eigenvalue weighted by Crippen LogP contribution is -2.32. The predicted molar refractivity (Wildman–Crippen MR) is 138 cm³/mol. The smallest absolute Gasteiger partial charge is 0.265 e. The minimum absolute atomic E-state index is 0.124. The van der Waals surface area contributed by atoms with Crippen LogP contribution in [0.1, 0.15) is 22.5 Å². The standard InChI is InChI=1S/C26H21Cl2N3O3S/c1-15-5-7-18(10-16(15)2)31-25(33)23(12-17-6-8-21(27)22(28)11-17)35-26(31)20(13-29)24(32)30-14-19-4-3-9-34-19/h3-11,23H,12,14H2,1-2H3,(H,30,32)/b26-20-. The largest absolute Gasteiger partial charge is 0.467 e. The lowest BCUT2D eigenvalue weighted by atomic mass is 10.1. The number of nitriles is 1. The molecule has 6 nitrogen and oxygen atoms in total. The molecule has 0 spiro atoms. The van der Waals surface area contributed by atoms with Gasteiger partial charge in [0.1, 0.15) is 22.4 Å². The fourth-order valence-electron chi connectivity index (χ4n) is 3.64. The number of anilines is 1. The summed E-state index contributed by atoms with van der Waals surface area (Å²) in [5.41, 5.74) is 3.36. The molecule has 4 rings (SSSR count). The van der Waals surface area contributed by atoms with Crippen LogP contribution in [0.5, 0.6) is 0 Å². The van der Waals surface area contributed by atoms with E-state index in [1.807, 2.05) is 44.2 Å². The Morgan fingerprint density at radius 1 is 1.14 bits per heavy atom. The van der Waals surface area contributed by atoms with Gasteiger partial charge in [0, 0.05) is 5.69 Å². The number of benzene rings is 2. The van der Waals surface area contributed by atoms with E-state index in [1.165, 1.54) is 22.9 Å². The van der Waals surface area contributed by atoms with Crippen LogP contribution < -0.4 is 10.2 Å². The van der Waals surface area contributed by atoms with Crippen LogP contribution in [-0.4, -0.2) is 17.1 Å². The number of halogens is 2. The lowest BCUT2D eigenvalue weighted by molar-refractivity contribution is -0.117. The Morgan fingerprint density at radius 3 is 2.60 bits per heavy atom. The number of amides is 2.